The molecule has 0 unspecified atom stereocenters. The van der Waals surface area contributed by atoms with Gasteiger partial charge < -0.3 is 14.5 Å². The van der Waals surface area contributed by atoms with E-state index in [0.717, 1.165) is 16.5 Å². The Bertz CT molecular complexity index is 1190. The zero-order valence-electron chi connectivity index (χ0n) is 16.6. The Morgan fingerprint density at radius 3 is 2.37 bits per heavy atom. The fourth-order valence-corrected chi connectivity index (χ4v) is 3.45. The van der Waals surface area contributed by atoms with Crippen LogP contribution in [0.4, 0.5) is 0 Å². The van der Waals surface area contributed by atoms with Crippen molar-refractivity contribution in [3.8, 4) is 17.0 Å². The molecule has 0 atom stereocenters. The van der Waals surface area contributed by atoms with Gasteiger partial charge in [-0.2, -0.15) is 0 Å². The van der Waals surface area contributed by atoms with E-state index in [9.17, 15) is 9.59 Å². The number of aromatic nitrogens is 1. The fraction of sp³-hybridized carbons (Fsp3) is 0.120. The molecule has 1 aromatic heterocycles. The highest BCUT2D eigenvalue weighted by atomic mass is 16.5. The molecule has 0 aliphatic carbocycles. The number of carbonyl (C=O) groups is 2. The molecule has 150 valence electrons. The van der Waals surface area contributed by atoms with Crippen molar-refractivity contribution in [3.63, 3.8) is 0 Å². The van der Waals surface area contributed by atoms with Gasteiger partial charge in [0.15, 0.2) is 6.61 Å². The molecular weight excluding hydrogens is 378 g/mol. The summed E-state index contributed by atoms with van der Waals surface area (Å²) < 4.78 is 10.8. The number of rotatable bonds is 7. The van der Waals surface area contributed by atoms with Crippen molar-refractivity contribution in [1.82, 2.24) is 4.98 Å². The molecule has 5 nitrogen and oxygen atoms in total. The van der Waals surface area contributed by atoms with Gasteiger partial charge in [0.25, 0.3) is 0 Å². The van der Waals surface area contributed by atoms with E-state index in [4.69, 9.17) is 9.47 Å². The molecule has 0 aliphatic heterocycles. The summed E-state index contributed by atoms with van der Waals surface area (Å²) in [5.41, 5.74) is 3.28. The second kappa shape index (κ2) is 8.66. The first kappa shape index (κ1) is 19.5. The van der Waals surface area contributed by atoms with Crippen molar-refractivity contribution in [2.24, 2.45) is 0 Å². The molecule has 0 bridgehead atoms. The van der Waals surface area contributed by atoms with Crippen molar-refractivity contribution >= 4 is 22.7 Å². The number of hydrogen-bond acceptors (Lipinski definition) is 4. The third-order valence-corrected chi connectivity index (χ3v) is 4.79. The van der Waals surface area contributed by atoms with E-state index < -0.39 is 5.97 Å². The van der Waals surface area contributed by atoms with Crippen molar-refractivity contribution < 1.29 is 19.1 Å². The predicted molar refractivity (Wildman–Crippen MR) is 116 cm³/mol. The molecule has 30 heavy (non-hydrogen) atoms. The molecule has 4 aromatic rings. The SMILES string of the molecule is CCOc1ccccc1C(=O)OCC(=O)c1c(-c2ccccc2)[nH]c2ccccc12. The second-order valence-corrected chi connectivity index (χ2v) is 6.72. The summed E-state index contributed by atoms with van der Waals surface area (Å²) in [6, 6.07) is 24.1. The average Bonchev–Trinajstić information content (AvgIpc) is 3.18. The Hall–Kier alpha value is -3.86. The summed E-state index contributed by atoms with van der Waals surface area (Å²) in [4.78, 5) is 29.0. The van der Waals surface area contributed by atoms with Gasteiger partial charge in [0.05, 0.1) is 17.9 Å². The monoisotopic (exact) mass is 399 g/mol. The van der Waals surface area contributed by atoms with E-state index in [2.05, 4.69) is 4.98 Å². The lowest BCUT2D eigenvalue weighted by molar-refractivity contribution is 0.0471. The van der Waals surface area contributed by atoms with Crippen LogP contribution in [0.5, 0.6) is 5.75 Å². The minimum absolute atomic E-state index is 0.270. The third kappa shape index (κ3) is 3.82. The Morgan fingerprint density at radius 2 is 1.57 bits per heavy atom. The summed E-state index contributed by atoms with van der Waals surface area (Å²) in [6.07, 6.45) is 0. The fourth-order valence-electron chi connectivity index (χ4n) is 3.45. The minimum atomic E-state index is -0.589. The normalized spacial score (nSPS) is 10.7. The standard InChI is InChI=1S/C25H21NO4/c1-2-29-22-15-9-7-13-19(22)25(28)30-16-21(27)23-18-12-6-8-14-20(18)26-24(23)17-10-4-3-5-11-17/h3-15,26H,2,16H2,1H3. The van der Waals surface area contributed by atoms with Gasteiger partial charge in [-0.1, -0.05) is 60.7 Å². The van der Waals surface area contributed by atoms with Crippen molar-refractivity contribution in [3.05, 3.63) is 90.0 Å². The molecule has 3 aromatic carbocycles. The van der Waals surface area contributed by atoms with Gasteiger partial charge in [-0.25, -0.2) is 4.79 Å². The Kier molecular flexibility index (Phi) is 5.61. The van der Waals surface area contributed by atoms with Gasteiger partial charge in [-0.15, -0.1) is 0 Å². The number of esters is 1. The first-order valence-corrected chi connectivity index (χ1v) is 9.77. The number of fused-ring (bicyclic) bond motifs is 1. The lowest BCUT2D eigenvalue weighted by Crippen LogP contribution is -2.15. The summed E-state index contributed by atoms with van der Waals surface area (Å²) in [5.74, 6) is -0.420. The maximum Gasteiger partial charge on any atom is 0.342 e. The number of aromatic amines is 1. The molecule has 0 fully saturated rings. The van der Waals surface area contributed by atoms with Crippen LogP contribution in [0.2, 0.25) is 0 Å². The predicted octanol–water partition coefficient (Wildman–Crippen LogP) is 5.27. The summed E-state index contributed by atoms with van der Waals surface area (Å²) >= 11 is 0. The molecule has 0 spiro atoms. The number of hydrogen-bond donors (Lipinski definition) is 1. The van der Waals surface area contributed by atoms with Gasteiger partial charge in [0.1, 0.15) is 11.3 Å². The van der Waals surface area contributed by atoms with Crippen LogP contribution in [0.15, 0.2) is 78.9 Å². The highest BCUT2D eigenvalue weighted by Gasteiger charge is 2.22. The highest BCUT2D eigenvalue weighted by Crippen LogP contribution is 2.31. The maximum absolute atomic E-state index is 13.1. The van der Waals surface area contributed by atoms with Crippen LogP contribution in [0.3, 0.4) is 0 Å². The summed E-state index contributed by atoms with van der Waals surface area (Å²) in [6.45, 7) is 1.91. The molecule has 0 saturated carbocycles. The number of para-hydroxylation sites is 2. The Labute approximate surface area is 174 Å². The molecular formula is C25H21NO4. The number of H-pyrrole nitrogens is 1. The molecule has 1 heterocycles. The van der Waals surface area contributed by atoms with E-state index in [-0.39, 0.29) is 12.4 Å². The van der Waals surface area contributed by atoms with Gasteiger partial charge in [0, 0.05) is 10.9 Å². The van der Waals surface area contributed by atoms with E-state index in [0.29, 0.717) is 29.2 Å². The van der Waals surface area contributed by atoms with Crippen molar-refractivity contribution in [2.75, 3.05) is 13.2 Å². The number of carbonyl (C=O) groups excluding carboxylic acids is 2. The van der Waals surface area contributed by atoms with Crippen LogP contribution in [-0.2, 0) is 4.74 Å². The van der Waals surface area contributed by atoms with Crippen molar-refractivity contribution in [2.45, 2.75) is 6.92 Å². The average molecular weight is 399 g/mol. The minimum Gasteiger partial charge on any atom is -0.493 e. The second-order valence-electron chi connectivity index (χ2n) is 6.72. The Morgan fingerprint density at radius 1 is 0.867 bits per heavy atom. The van der Waals surface area contributed by atoms with Gasteiger partial charge in [-0.3, -0.25) is 4.79 Å². The number of ether oxygens (including phenoxy) is 2. The van der Waals surface area contributed by atoms with Crippen LogP contribution in [0.1, 0.15) is 27.6 Å². The van der Waals surface area contributed by atoms with E-state index in [1.807, 2.05) is 61.5 Å². The van der Waals surface area contributed by atoms with E-state index in [1.165, 1.54) is 0 Å². The summed E-state index contributed by atoms with van der Waals surface area (Å²) in [7, 11) is 0. The highest BCUT2D eigenvalue weighted by molar-refractivity contribution is 6.14. The molecule has 0 saturated heterocycles. The molecule has 0 aliphatic rings. The van der Waals surface area contributed by atoms with Crippen LogP contribution in [-0.4, -0.2) is 30.0 Å². The van der Waals surface area contributed by atoms with Crippen LogP contribution in [0, 0.1) is 0 Å². The number of ketones is 1. The molecule has 5 heteroatoms. The largest absolute Gasteiger partial charge is 0.493 e. The van der Waals surface area contributed by atoms with Crippen LogP contribution >= 0.6 is 0 Å². The smallest absolute Gasteiger partial charge is 0.342 e. The maximum atomic E-state index is 13.1. The van der Waals surface area contributed by atoms with Gasteiger partial charge in [0.2, 0.25) is 5.78 Å². The van der Waals surface area contributed by atoms with E-state index in [1.54, 1.807) is 24.3 Å². The zero-order valence-corrected chi connectivity index (χ0v) is 16.6. The lowest BCUT2D eigenvalue weighted by Gasteiger charge is -2.10. The topological polar surface area (TPSA) is 68.4 Å². The van der Waals surface area contributed by atoms with Crippen LogP contribution < -0.4 is 4.74 Å². The third-order valence-electron chi connectivity index (χ3n) is 4.79. The zero-order chi connectivity index (χ0) is 20.9. The quantitative estimate of drug-likeness (QED) is 0.339. The number of nitrogens with one attached hydrogen (secondary N) is 1. The number of Topliss-reactive ketones (excluding diaryl/α,β-unsaturated/α-hetero) is 1. The summed E-state index contributed by atoms with van der Waals surface area (Å²) in [5, 5.41) is 0.798. The molecule has 1 N–H and O–H groups in total. The number of benzene rings is 3. The van der Waals surface area contributed by atoms with Gasteiger partial charge in [-0.05, 0) is 30.7 Å². The van der Waals surface area contributed by atoms with Gasteiger partial charge >= 0.3 is 5.97 Å². The molecule has 0 amide bonds. The first-order chi connectivity index (χ1) is 14.7. The first-order valence-electron chi connectivity index (χ1n) is 9.77. The van der Waals surface area contributed by atoms with E-state index >= 15 is 0 Å². The van der Waals surface area contributed by atoms with Crippen LogP contribution in [0.25, 0.3) is 22.2 Å². The van der Waals surface area contributed by atoms with Crippen molar-refractivity contribution in [1.29, 1.82) is 0 Å². The molecule has 0 radical (unpaired) electrons. The Balaban J connectivity index is 1.62. The molecule has 4 rings (SSSR count). The lowest BCUT2D eigenvalue weighted by atomic mass is 10.0.